The Hall–Kier alpha value is -3.67. The van der Waals surface area contributed by atoms with Crippen molar-refractivity contribution in [2.45, 2.75) is 63.1 Å². The number of thiophene rings is 1. The van der Waals surface area contributed by atoms with Crippen molar-refractivity contribution in [2.24, 2.45) is 23.5 Å². The standard InChI is InChI=1S/C32H37N3O7S/c1-14-4-6-17(7-5-14)34-21-12-18(15-8-9-43-13-15)19-10-16-11-20-25(35(2)3)28(38)24(31(33)41)30(40)32(20,42)29(39)22(16)27(37)23(19)26(21)36/h8-9,12-14,16-17,20,25,34,36-37,40,42H,4-7,10-11H2,1-3H3,(H2,33,41). The molecule has 7 N–H and O–H groups in total. The summed E-state index contributed by atoms with van der Waals surface area (Å²) in [5.41, 5.74) is 4.71. The molecule has 0 spiro atoms. The van der Waals surface area contributed by atoms with Crippen molar-refractivity contribution in [2.75, 3.05) is 19.4 Å². The predicted octanol–water partition coefficient (Wildman–Crippen LogP) is 3.68. The van der Waals surface area contributed by atoms with Gasteiger partial charge in [0.1, 0.15) is 22.8 Å². The number of primary amides is 1. The number of aliphatic hydroxyl groups is 3. The Balaban J connectivity index is 1.53. The highest BCUT2D eigenvalue weighted by Gasteiger charge is 2.64. The second-order valence-electron chi connectivity index (χ2n) is 12.7. The van der Waals surface area contributed by atoms with Crippen LogP contribution in [0, 0.1) is 17.8 Å². The third kappa shape index (κ3) is 4.39. The lowest BCUT2D eigenvalue weighted by Gasteiger charge is -2.50. The van der Waals surface area contributed by atoms with Crippen LogP contribution in [0.1, 0.15) is 50.2 Å². The van der Waals surface area contributed by atoms with E-state index in [-0.39, 0.29) is 35.8 Å². The van der Waals surface area contributed by atoms with Gasteiger partial charge in [0.2, 0.25) is 5.78 Å². The summed E-state index contributed by atoms with van der Waals surface area (Å²) in [5, 5.41) is 53.8. The normalized spacial score (nSPS) is 30.7. The largest absolute Gasteiger partial charge is 0.508 e. The van der Waals surface area contributed by atoms with Crippen LogP contribution in [0.15, 0.2) is 39.8 Å². The lowest BCUT2D eigenvalue weighted by molar-refractivity contribution is -0.153. The summed E-state index contributed by atoms with van der Waals surface area (Å²) in [6.45, 7) is 2.23. The molecule has 6 rings (SSSR count). The molecule has 2 saturated carbocycles. The van der Waals surface area contributed by atoms with E-state index < -0.39 is 58.0 Å². The van der Waals surface area contributed by atoms with Crippen LogP contribution in [0.4, 0.5) is 5.69 Å². The van der Waals surface area contributed by atoms with Gasteiger partial charge < -0.3 is 31.5 Å². The third-order valence-electron chi connectivity index (χ3n) is 9.93. The van der Waals surface area contributed by atoms with Crippen molar-refractivity contribution < 1.29 is 34.8 Å². The molecule has 2 aromatic rings. The van der Waals surface area contributed by atoms with Crippen LogP contribution in [0.25, 0.3) is 16.9 Å². The van der Waals surface area contributed by atoms with E-state index >= 15 is 0 Å². The SMILES string of the molecule is CC1CCC(Nc2cc(-c3ccsc3)c3c(c2O)C(O)=C2C(=O)C4(O)C(O)=C(C(N)=O)C(=O)C(N(C)C)C4CC2C3)CC1. The molecule has 4 aliphatic rings. The first-order valence-corrected chi connectivity index (χ1v) is 15.6. The fourth-order valence-electron chi connectivity index (χ4n) is 7.72. The smallest absolute Gasteiger partial charge is 0.255 e. The topological polar surface area (TPSA) is 173 Å². The number of carbonyl (C=O) groups is 3. The van der Waals surface area contributed by atoms with Crippen LogP contribution < -0.4 is 11.1 Å². The van der Waals surface area contributed by atoms with E-state index in [1.54, 1.807) is 14.1 Å². The van der Waals surface area contributed by atoms with E-state index in [1.165, 1.54) is 16.2 Å². The Morgan fingerprint density at radius 2 is 1.84 bits per heavy atom. The summed E-state index contributed by atoms with van der Waals surface area (Å²) in [5.74, 6) is -5.90. The van der Waals surface area contributed by atoms with E-state index in [2.05, 4.69) is 12.2 Å². The highest BCUT2D eigenvalue weighted by atomic mass is 32.1. The van der Waals surface area contributed by atoms with Crippen molar-refractivity contribution in [3.8, 4) is 16.9 Å². The summed E-state index contributed by atoms with van der Waals surface area (Å²) in [4.78, 5) is 41.3. The molecule has 0 saturated heterocycles. The number of anilines is 1. The molecule has 2 fully saturated rings. The van der Waals surface area contributed by atoms with E-state index in [9.17, 15) is 34.8 Å². The molecule has 1 aromatic carbocycles. The van der Waals surface area contributed by atoms with Crippen molar-refractivity contribution in [3.05, 3.63) is 50.9 Å². The molecule has 11 heteroatoms. The second-order valence-corrected chi connectivity index (χ2v) is 13.5. The monoisotopic (exact) mass is 607 g/mol. The maximum atomic E-state index is 14.2. The zero-order valence-corrected chi connectivity index (χ0v) is 25.2. The number of carbonyl (C=O) groups excluding carboxylic acids is 3. The van der Waals surface area contributed by atoms with Gasteiger partial charge in [0.05, 0.1) is 17.3 Å². The van der Waals surface area contributed by atoms with Gasteiger partial charge in [0.15, 0.2) is 11.4 Å². The van der Waals surface area contributed by atoms with Gasteiger partial charge in [-0.25, -0.2) is 0 Å². The van der Waals surface area contributed by atoms with Crippen molar-refractivity contribution in [1.82, 2.24) is 4.90 Å². The van der Waals surface area contributed by atoms with Gasteiger partial charge >= 0.3 is 0 Å². The summed E-state index contributed by atoms with van der Waals surface area (Å²) >= 11 is 1.52. The number of amides is 1. The van der Waals surface area contributed by atoms with Crippen LogP contribution in [0.5, 0.6) is 5.75 Å². The van der Waals surface area contributed by atoms with Gasteiger partial charge in [0, 0.05) is 17.5 Å². The maximum absolute atomic E-state index is 14.2. The minimum atomic E-state index is -2.66. The fourth-order valence-corrected chi connectivity index (χ4v) is 8.38. The van der Waals surface area contributed by atoms with E-state index in [0.29, 0.717) is 17.2 Å². The van der Waals surface area contributed by atoms with Gasteiger partial charge in [-0.15, -0.1) is 0 Å². The number of aromatic hydroxyl groups is 1. The number of phenolic OH excluding ortho intramolecular Hbond substituents is 1. The quantitative estimate of drug-likeness (QED) is 0.219. The minimum Gasteiger partial charge on any atom is -0.508 e. The molecule has 1 aromatic heterocycles. The average molecular weight is 608 g/mol. The summed E-state index contributed by atoms with van der Waals surface area (Å²) < 4.78 is 0. The lowest BCUT2D eigenvalue weighted by Crippen LogP contribution is -2.65. The Kier molecular flexibility index (Phi) is 7.18. The average Bonchev–Trinajstić information content (AvgIpc) is 3.48. The lowest BCUT2D eigenvalue weighted by atomic mass is 9.57. The van der Waals surface area contributed by atoms with Crippen LogP contribution >= 0.6 is 11.3 Å². The maximum Gasteiger partial charge on any atom is 0.255 e. The number of nitrogens with two attached hydrogens (primary N) is 1. The number of phenols is 1. The van der Waals surface area contributed by atoms with E-state index in [0.717, 1.165) is 36.8 Å². The molecule has 4 aliphatic carbocycles. The van der Waals surface area contributed by atoms with E-state index in [1.807, 2.05) is 22.9 Å². The molecular weight excluding hydrogens is 570 g/mol. The Labute approximate surface area is 253 Å². The Bertz CT molecular complexity index is 1590. The van der Waals surface area contributed by atoms with Crippen molar-refractivity contribution in [1.29, 1.82) is 0 Å². The zero-order chi connectivity index (χ0) is 31.0. The number of hydrogen-bond acceptors (Lipinski definition) is 10. The number of benzene rings is 1. The molecule has 1 amide bonds. The molecule has 4 atom stereocenters. The fraction of sp³-hybridized carbons (Fsp3) is 0.469. The number of rotatable bonds is 5. The second kappa shape index (κ2) is 10.5. The molecule has 0 radical (unpaired) electrons. The summed E-state index contributed by atoms with van der Waals surface area (Å²) in [7, 11) is 3.17. The molecule has 43 heavy (non-hydrogen) atoms. The minimum absolute atomic E-state index is 0.0514. The number of fused-ring (bicyclic) bond motifs is 3. The molecule has 0 aliphatic heterocycles. The van der Waals surface area contributed by atoms with Gasteiger partial charge in [-0.1, -0.05) is 6.92 Å². The first kappa shape index (κ1) is 29.4. The molecule has 1 heterocycles. The molecular formula is C32H37N3O7S. The van der Waals surface area contributed by atoms with Crippen LogP contribution in [0.2, 0.25) is 0 Å². The van der Waals surface area contributed by atoms with Crippen molar-refractivity contribution in [3.63, 3.8) is 0 Å². The zero-order valence-electron chi connectivity index (χ0n) is 24.4. The number of nitrogens with one attached hydrogen (secondary N) is 1. The van der Waals surface area contributed by atoms with Gasteiger partial charge in [-0.3, -0.25) is 19.3 Å². The number of likely N-dealkylation sites (N-methyl/N-ethyl adjacent to an activating group) is 1. The highest BCUT2D eigenvalue weighted by molar-refractivity contribution is 7.08. The summed E-state index contributed by atoms with van der Waals surface area (Å²) in [6, 6.07) is 2.87. The number of ketones is 2. The predicted molar refractivity (Wildman–Crippen MR) is 163 cm³/mol. The summed E-state index contributed by atoms with van der Waals surface area (Å²) in [6.07, 6.45) is 4.30. The van der Waals surface area contributed by atoms with Gasteiger partial charge in [0.25, 0.3) is 5.91 Å². The molecule has 4 unspecified atom stereocenters. The first-order valence-electron chi connectivity index (χ1n) is 14.7. The van der Waals surface area contributed by atoms with E-state index in [4.69, 9.17) is 5.73 Å². The first-order chi connectivity index (χ1) is 20.4. The third-order valence-corrected chi connectivity index (χ3v) is 10.6. The van der Waals surface area contributed by atoms with Gasteiger partial charge in [-0.05, 0) is 104 Å². The van der Waals surface area contributed by atoms with Crippen LogP contribution in [0.3, 0.4) is 0 Å². The molecule has 10 nitrogen and oxygen atoms in total. The Morgan fingerprint density at radius 3 is 2.44 bits per heavy atom. The molecule has 228 valence electrons. The van der Waals surface area contributed by atoms with Crippen LogP contribution in [-0.2, 0) is 20.8 Å². The molecule has 0 bridgehead atoms. The Morgan fingerprint density at radius 1 is 1.14 bits per heavy atom. The number of nitrogens with zero attached hydrogens (tertiary/aromatic N) is 1. The number of aliphatic hydroxyl groups excluding tert-OH is 2. The number of Topliss-reactive ketones (excluding diaryl/α,β-unsaturated/α-hetero) is 2. The number of hydrogen-bond donors (Lipinski definition) is 6. The van der Waals surface area contributed by atoms with Crippen LogP contribution in [-0.4, -0.2) is 74.6 Å². The van der Waals surface area contributed by atoms with Gasteiger partial charge in [-0.2, -0.15) is 11.3 Å². The van der Waals surface area contributed by atoms with Crippen molar-refractivity contribution >= 4 is 40.3 Å². The highest BCUT2D eigenvalue weighted by Crippen LogP contribution is 2.55.